The van der Waals surface area contributed by atoms with Crippen molar-refractivity contribution in [2.75, 3.05) is 0 Å². The Morgan fingerprint density at radius 1 is 1.35 bits per heavy atom. The Labute approximate surface area is 105 Å². The highest BCUT2D eigenvalue weighted by Gasteiger charge is 2.23. The van der Waals surface area contributed by atoms with E-state index in [0.717, 1.165) is 24.7 Å². The number of hydrogen-bond acceptors (Lipinski definition) is 2. The summed E-state index contributed by atoms with van der Waals surface area (Å²) in [5, 5.41) is 0. The second-order valence-electron chi connectivity index (χ2n) is 5.58. The first-order valence-corrected chi connectivity index (χ1v) is 6.90. The smallest absolute Gasteiger partial charge is 0.0299 e. The second kappa shape index (κ2) is 6.15. The highest BCUT2D eigenvalue weighted by atomic mass is 14.7. The maximum Gasteiger partial charge on any atom is 0.0299 e. The van der Waals surface area contributed by atoms with E-state index in [-0.39, 0.29) is 0 Å². The number of nitrogens with zero attached hydrogens (tertiary/aromatic N) is 1. The first kappa shape index (κ1) is 12.6. The van der Waals surface area contributed by atoms with Crippen LogP contribution >= 0.6 is 0 Å². The van der Waals surface area contributed by atoms with Crippen LogP contribution in [0.25, 0.3) is 0 Å². The molecule has 0 aromatic carbocycles. The third-order valence-electron chi connectivity index (χ3n) is 4.16. The topological polar surface area (TPSA) is 38.9 Å². The fourth-order valence-corrected chi connectivity index (χ4v) is 2.83. The van der Waals surface area contributed by atoms with E-state index in [0.29, 0.717) is 6.04 Å². The Morgan fingerprint density at radius 3 is 2.76 bits per heavy atom. The van der Waals surface area contributed by atoms with E-state index < -0.39 is 0 Å². The molecule has 1 fully saturated rings. The van der Waals surface area contributed by atoms with Crippen LogP contribution in [0.3, 0.4) is 0 Å². The van der Waals surface area contributed by atoms with Crippen LogP contribution in [0.4, 0.5) is 0 Å². The third-order valence-corrected chi connectivity index (χ3v) is 4.16. The normalized spacial score (nSPS) is 26.7. The molecule has 1 saturated carbocycles. The second-order valence-corrected chi connectivity index (χ2v) is 5.58. The molecular weight excluding hydrogens is 208 g/mol. The first-order chi connectivity index (χ1) is 8.25. The molecule has 2 nitrogen and oxygen atoms in total. The van der Waals surface area contributed by atoms with Crippen molar-refractivity contribution in [3.05, 3.63) is 30.1 Å². The molecule has 2 heteroatoms. The van der Waals surface area contributed by atoms with Gasteiger partial charge in [0.15, 0.2) is 0 Å². The molecule has 2 N–H and O–H groups in total. The highest BCUT2D eigenvalue weighted by Crippen LogP contribution is 2.30. The van der Waals surface area contributed by atoms with Crippen molar-refractivity contribution in [3.8, 4) is 0 Å². The van der Waals surface area contributed by atoms with Crippen LogP contribution in [0.15, 0.2) is 24.5 Å². The average Bonchev–Trinajstić information content (AvgIpc) is 2.38. The van der Waals surface area contributed by atoms with Crippen molar-refractivity contribution in [1.82, 2.24) is 4.98 Å². The Hall–Kier alpha value is -0.890. The van der Waals surface area contributed by atoms with Gasteiger partial charge in [0.25, 0.3) is 0 Å². The van der Waals surface area contributed by atoms with Gasteiger partial charge in [-0.1, -0.05) is 25.8 Å². The molecule has 0 amide bonds. The van der Waals surface area contributed by atoms with Crippen LogP contribution in [0.5, 0.6) is 0 Å². The molecule has 1 aliphatic carbocycles. The quantitative estimate of drug-likeness (QED) is 0.866. The number of aromatic nitrogens is 1. The summed E-state index contributed by atoms with van der Waals surface area (Å²) >= 11 is 0. The molecule has 1 heterocycles. The zero-order chi connectivity index (χ0) is 12.1. The molecular formula is C15H24N2. The van der Waals surface area contributed by atoms with E-state index >= 15 is 0 Å². The molecule has 0 aliphatic heterocycles. The van der Waals surface area contributed by atoms with Crippen molar-refractivity contribution in [1.29, 1.82) is 0 Å². The van der Waals surface area contributed by atoms with Crippen LogP contribution in [0.1, 0.15) is 44.6 Å². The molecule has 0 saturated heterocycles. The first-order valence-electron chi connectivity index (χ1n) is 6.90. The van der Waals surface area contributed by atoms with Gasteiger partial charge in [-0.15, -0.1) is 0 Å². The fourth-order valence-electron chi connectivity index (χ4n) is 2.83. The molecule has 0 spiro atoms. The maximum absolute atomic E-state index is 6.32. The summed E-state index contributed by atoms with van der Waals surface area (Å²) in [5.41, 5.74) is 7.63. The summed E-state index contributed by atoms with van der Waals surface area (Å²) in [4.78, 5) is 4.14. The van der Waals surface area contributed by atoms with Gasteiger partial charge in [-0.05, 0) is 49.1 Å². The predicted octanol–water partition coefficient (Wildman–Crippen LogP) is 3.17. The largest absolute Gasteiger partial charge is 0.327 e. The molecule has 1 atom stereocenters. The van der Waals surface area contributed by atoms with Gasteiger partial charge in [-0.3, -0.25) is 4.98 Å². The standard InChI is InChI=1S/C15H24N2/c1-12-4-7-14(8-5-12)15(16)9-6-13-3-2-10-17-11-13/h2-3,10-12,14-15H,4-9,16H2,1H3. The maximum atomic E-state index is 6.32. The molecule has 1 aromatic heterocycles. The van der Waals surface area contributed by atoms with Crippen molar-refractivity contribution >= 4 is 0 Å². The summed E-state index contributed by atoms with van der Waals surface area (Å²) in [5.74, 6) is 1.67. The Bertz CT molecular complexity index is 315. The van der Waals surface area contributed by atoms with Gasteiger partial charge in [-0.25, -0.2) is 0 Å². The molecule has 2 rings (SSSR count). The molecule has 0 bridgehead atoms. The lowest BCUT2D eigenvalue weighted by Gasteiger charge is -2.30. The van der Waals surface area contributed by atoms with Gasteiger partial charge in [0, 0.05) is 18.4 Å². The summed E-state index contributed by atoms with van der Waals surface area (Å²) in [6.07, 6.45) is 11.3. The van der Waals surface area contributed by atoms with Gasteiger partial charge in [0.2, 0.25) is 0 Å². The number of aryl methyl sites for hydroxylation is 1. The zero-order valence-corrected chi connectivity index (χ0v) is 10.8. The molecule has 1 unspecified atom stereocenters. The Morgan fingerprint density at radius 2 is 2.12 bits per heavy atom. The van der Waals surface area contributed by atoms with Crippen LogP contribution in [0.2, 0.25) is 0 Å². The van der Waals surface area contributed by atoms with E-state index in [4.69, 9.17) is 5.73 Å². The monoisotopic (exact) mass is 232 g/mol. The minimum Gasteiger partial charge on any atom is -0.327 e. The minimum atomic E-state index is 0.378. The SMILES string of the molecule is CC1CCC(C(N)CCc2cccnc2)CC1. The predicted molar refractivity (Wildman–Crippen MR) is 71.7 cm³/mol. The lowest BCUT2D eigenvalue weighted by atomic mass is 9.78. The Kier molecular flexibility index (Phi) is 4.55. The summed E-state index contributed by atoms with van der Waals surface area (Å²) in [7, 11) is 0. The van der Waals surface area contributed by atoms with E-state index in [1.54, 1.807) is 0 Å². The fraction of sp³-hybridized carbons (Fsp3) is 0.667. The van der Waals surface area contributed by atoms with E-state index in [1.807, 2.05) is 18.5 Å². The third kappa shape index (κ3) is 3.81. The van der Waals surface area contributed by atoms with Crippen LogP contribution < -0.4 is 5.73 Å². The molecule has 1 aliphatic rings. The van der Waals surface area contributed by atoms with Crippen LogP contribution in [-0.4, -0.2) is 11.0 Å². The molecule has 0 radical (unpaired) electrons. The van der Waals surface area contributed by atoms with E-state index in [1.165, 1.54) is 31.2 Å². The highest BCUT2D eigenvalue weighted by molar-refractivity contribution is 5.08. The number of hydrogen-bond donors (Lipinski definition) is 1. The molecule has 94 valence electrons. The van der Waals surface area contributed by atoms with Crippen LogP contribution in [0, 0.1) is 11.8 Å². The lowest BCUT2D eigenvalue weighted by molar-refractivity contribution is 0.248. The average molecular weight is 232 g/mol. The minimum absolute atomic E-state index is 0.378. The van der Waals surface area contributed by atoms with Gasteiger partial charge in [0.05, 0.1) is 0 Å². The number of nitrogens with two attached hydrogens (primary N) is 1. The van der Waals surface area contributed by atoms with Gasteiger partial charge < -0.3 is 5.73 Å². The molecule has 1 aromatic rings. The Balaban J connectivity index is 1.75. The molecule has 17 heavy (non-hydrogen) atoms. The van der Waals surface area contributed by atoms with Gasteiger partial charge >= 0.3 is 0 Å². The van der Waals surface area contributed by atoms with Crippen molar-refractivity contribution < 1.29 is 0 Å². The van der Waals surface area contributed by atoms with Crippen molar-refractivity contribution in [3.63, 3.8) is 0 Å². The van der Waals surface area contributed by atoms with Crippen molar-refractivity contribution in [2.24, 2.45) is 17.6 Å². The number of pyridine rings is 1. The number of rotatable bonds is 4. The van der Waals surface area contributed by atoms with E-state index in [9.17, 15) is 0 Å². The summed E-state index contributed by atoms with van der Waals surface area (Å²) < 4.78 is 0. The van der Waals surface area contributed by atoms with Gasteiger partial charge in [0.1, 0.15) is 0 Å². The summed E-state index contributed by atoms with van der Waals surface area (Å²) in [6, 6.07) is 4.52. The van der Waals surface area contributed by atoms with Crippen LogP contribution in [-0.2, 0) is 6.42 Å². The van der Waals surface area contributed by atoms with E-state index in [2.05, 4.69) is 18.0 Å². The lowest BCUT2D eigenvalue weighted by Crippen LogP contribution is -2.33. The summed E-state index contributed by atoms with van der Waals surface area (Å²) in [6.45, 7) is 2.36. The van der Waals surface area contributed by atoms with Crippen molar-refractivity contribution in [2.45, 2.75) is 51.5 Å². The zero-order valence-electron chi connectivity index (χ0n) is 10.8. The van der Waals surface area contributed by atoms with Gasteiger partial charge in [-0.2, -0.15) is 0 Å².